The molecule has 0 bridgehead atoms. The third kappa shape index (κ3) is 4.76. The fourth-order valence-electron chi connectivity index (χ4n) is 4.66. The number of fused-ring (bicyclic) bond motifs is 1. The van der Waals surface area contributed by atoms with Crippen LogP contribution in [0.3, 0.4) is 0 Å². The number of aromatic nitrogens is 3. The summed E-state index contributed by atoms with van der Waals surface area (Å²) in [5.41, 5.74) is 4.04. The van der Waals surface area contributed by atoms with Crippen molar-refractivity contribution in [2.45, 2.75) is 39.5 Å². The van der Waals surface area contributed by atoms with E-state index in [2.05, 4.69) is 17.0 Å². The second-order valence-electron chi connectivity index (χ2n) is 9.09. The lowest BCUT2D eigenvalue weighted by Gasteiger charge is -2.24. The number of hydrogen-bond donors (Lipinski definition) is 0. The lowest BCUT2D eigenvalue weighted by molar-refractivity contribution is 0.0766. The van der Waals surface area contributed by atoms with Gasteiger partial charge in [-0.1, -0.05) is 67.0 Å². The average Bonchev–Trinajstić information content (AvgIpc) is 3.16. The van der Waals surface area contributed by atoms with Crippen LogP contribution in [0.2, 0.25) is 0 Å². The van der Waals surface area contributed by atoms with Gasteiger partial charge >= 0.3 is 0 Å². The maximum absolute atomic E-state index is 13.3. The summed E-state index contributed by atoms with van der Waals surface area (Å²) in [6.45, 7) is 7.00. The first-order valence-corrected chi connectivity index (χ1v) is 12.5. The van der Waals surface area contributed by atoms with E-state index in [1.54, 1.807) is 0 Å². The van der Waals surface area contributed by atoms with Gasteiger partial charge in [-0.15, -0.1) is 0 Å². The Morgan fingerprint density at radius 2 is 1.77 bits per heavy atom. The lowest BCUT2D eigenvalue weighted by atomic mass is 10.1. The van der Waals surface area contributed by atoms with Crippen molar-refractivity contribution in [3.8, 4) is 11.3 Å². The van der Waals surface area contributed by atoms with Crippen LogP contribution in [-0.4, -0.2) is 52.1 Å². The quantitative estimate of drug-likeness (QED) is 0.382. The van der Waals surface area contributed by atoms with Crippen molar-refractivity contribution in [1.82, 2.24) is 20.0 Å². The number of anilines is 1. The number of carbonyl (C=O) groups is 1. The Morgan fingerprint density at radius 1 is 0.971 bits per heavy atom. The summed E-state index contributed by atoms with van der Waals surface area (Å²) in [7, 11) is 0. The molecule has 0 radical (unpaired) electrons. The molecule has 5 rings (SSSR count). The van der Waals surface area contributed by atoms with Gasteiger partial charge in [-0.3, -0.25) is 4.79 Å². The molecule has 2 aromatic carbocycles. The standard InChI is InChI=1S/C28H31N5O2/c1-3-4-15-23-29-26(24-25(31-35-27(24)30-23)21-12-6-5-7-13-21)32-16-10-17-33(19-18-32)28(34)22-14-9-8-11-20(22)2/h5-9,11-14H,3-4,10,15-19H2,1-2H3. The number of nitrogens with zero attached hydrogens (tertiary/aromatic N) is 5. The Hall–Kier alpha value is -3.74. The molecule has 3 heterocycles. The van der Waals surface area contributed by atoms with Crippen LogP contribution in [0, 0.1) is 6.92 Å². The zero-order valence-electron chi connectivity index (χ0n) is 20.4. The van der Waals surface area contributed by atoms with Gasteiger partial charge in [0, 0.05) is 43.7 Å². The van der Waals surface area contributed by atoms with E-state index in [4.69, 9.17) is 14.5 Å². The molecular weight excluding hydrogens is 438 g/mol. The first-order chi connectivity index (χ1) is 17.2. The van der Waals surface area contributed by atoms with E-state index in [9.17, 15) is 4.79 Å². The van der Waals surface area contributed by atoms with Gasteiger partial charge in [0.05, 0.1) is 0 Å². The number of aryl methyl sites for hydroxylation is 2. The third-order valence-electron chi connectivity index (χ3n) is 6.62. The molecule has 1 aliphatic heterocycles. The molecule has 2 aromatic heterocycles. The fourth-order valence-corrected chi connectivity index (χ4v) is 4.66. The highest BCUT2D eigenvalue weighted by molar-refractivity contribution is 5.98. The van der Waals surface area contributed by atoms with Crippen LogP contribution in [0.4, 0.5) is 5.82 Å². The highest BCUT2D eigenvalue weighted by atomic mass is 16.5. The first kappa shape index (κ1) is 23.0. The molecule has 0 N–H and O–H groups in total. The van der Waals surface area contributed by atoms with E-state index < -0.39 is 0 Å². The highest BCUT2D eigenvalue weighted by Gasteiger charge is 2.26. The Kier molecular flexibility index (Phi) is 6.75. The normalized spacial score (nSPS) is 14.3. The highest BCUT2D eigenvalue weighted by Crippen LogP contribution is 2.34. The van der Waals surface area contributed by atoms with Crippen molar-refractivity contribution < 1.29 is 9.32 Å². The van der Waals surface area contributed by atoms with Gasteiger partial charge in [-0.25, -0.2) is 4.98 Å². The molecule has 35 heavy (non-hydrogen) atoms. The van der Waals surface area contributed by atoms with Crippen LogP contribution in [0.25, 0.3) is 22.4 Å². The van der Waals surface area contributed by atoms with Crippen molar-refractivity contribution in [1.29, 1.82) is 0 Å². The molecule has 1 saturated heterocycles. The number of amides is 1. The Morgan fingerprint density at radius 3 is 2.57 bits per heavy atom. The van der Waals surface area contributed by atoms with E-state index in [-0.39, 0.29) is 5.91 Å². The number of carbonyl (C=O) groups excluding carboxylic acids is 1. The van der Waals surface area contributed by atoms with Gasteiger partial charge in [0.1, 0.15) is 22.7 Å². The second-order valence-corrected chi connectivity index (χ2v) is 9.09. The molecule has 7 nitrogen and oxygen atoms in total. The van der Waals surface area contributed by atoms with Gasteiger partial charge in [0.25, 0.3) is 11.6 Å². The van der Waals surface area contributed by atoms with Crippen molar-refractivity contribution in [3.63, 3.8) is 0 Å². The summed E-state index contributed by atoms with van der Waals surface area (Å²) >= 11 is 0. The maximum atomic E-state index is 13.3. The smallest absolute Gasteiger partial charge is 0.263 e. The van der Waals surface area contributed by atoms with Gasteiger partial charge in [-0.2, -0.15) is 4.98 Å². The van der Waals surface area contributed by atoms with Crippen LogP contribution in [0.1, 0.15) is 47.9 Å². The van der Waals surface area contributed by atoms with Crippen LogP contribution in [0.15, 0.2) is 59.1 Å². The summed E-state index contributed by atoms with van der Waals surface area (Å²) in [5, 5.41) is 5.23. The van der Waals surface area contributed by atoms with Gasteiger partial charge < -0.3 is 14.3 Å². The minimum Gasteiger partial charge on any atom is -0.354 e. The minimum absolute atomic E-state index is 0.0939. The zero-order valence-corrected chi connectivity index (χ0v) is 20.4. The van der Waals surface area contributed by atoms with Gasteiger partial charge in [-0.05, 0) is 31.4 Å². The van der Waals surface area contributed by atoms with Crippen molar-refractivity contribution >= 4 is 22.8 Å². The average molecular weight is 470 g/mol. The zero-order chi connectivity index (χ0) is 24.2. The summed E-state index contributed by atoms with van der Waals surface area (Å²) in [5.74, 6) is 1.73. The SMILES string of the molecule is CCCCc1nc(N2CCCN(C(=O)c3ccccc3C)CC2)c2c(-c3ccccc3)noc2n1. The first-order valence-electron chi connectivity index (χ1n) is 12.5. The molecule has 0 unspecified atom stereocenters. The monoisotopic (exact) mass is 469 g/mol. The lowest BCUT2D eigenvalue weighted by Crippen LogP contribution is -2.35. The van der Waals surface area contributed by atoms with Crippen LogP contribution >= 0.6 is 0 Å². The molecule has 0 saturated carbocycles. The fraction of sp³-hybridized carbons (Fsp3) is 0.357. The second kappa shape index (κ2) is 10.3. The van der Waals surface area contributed by atoms with Crippen molar-refractivity contribution in [2.75, 3.05) is 31.1 Å². The molecule has 0 aliphatic carbocycles. The number of benzene rings is 2. The topological polar surface area (TPSA) is 75.4 Å². The molecule has 180 valence electrons. The van der Waals surface area contributed by atoms with E-state index in [0.717, 1.165) is 78.2 Å². The van der Waals surface area contributed by atoms with Crippen LogP contribution in [-0.2, 0) is 6.42 Å². The summed E-state index contributed by atoms with van der Waals surface area (Å²) in [4.78, 5) is 27.2. The number of hydrogen-bond acceptors (Lipinski definition) is 6. The predicted octanol–water partition coefficient (Wildman–Crippen LogP) is 5.29. The van der Waals surface area contributed by atoms with Crippen LogP contribution in [0.5, 0.6) is 0 Å². The number of rotatable bonds is 6. The summed E-state index contributed by atoms with van der Waals surface area (Å²) < 4.78 is 5.72. The molecule has 1 fully saturated rings. The van der Waals surface area contributed by atoms with E-state index >= 15 is 0 Å². The van der Waals surface area contributed by atoms with Gasteiger partial charge in [0.2, 0.25) is 0 Å². The largest absolute Gasteiger partial charge is 0.354 e. The van der Waals surface area contributed by atoms with E-state index in [1.807, 2.05) is 66.4 Å². The molecule has 0 spiro atoms. The van der Waals surface area contributed by atoms with E-state index in [0.29, 0.717) is 18.8 Å². The van der Waals surface area contributed by atoms with Crippen molar-refractivity contribution in [2.24, 2.45) is 0 Å². The molecule has 0 atom stereocenters. The Balaban J connectivity index is 1.48. The molecule has 1 amide bonds. The molecule has 1 aliphatic rings. The number of unbranched alkanes of at least 4 members (excludes halogenated alkanes) is 1. The maximum Gasteiger partial charge on any atom is 0.263 e. The summed E-state index contributed by atoms with van der Waals surface area (Å²) in [6.07, 6.45) is 3.75. The molecule has 4 aromatic rings. The Labute approximate surface area is 205 Å². The van der Waals surface area contributed by atoms with Gasteiger partial charge in [0.15, 0.2) is 0 Å². The molecular formula is C28H31N5O2. The molecule has 7 heteroatoms. The summed E-state index contributed by atoms with van der Waals surface area (Å²) in [6, 6.07) is 17.8. The Bertz CT molecular complexity index is 1320. The van der Waals surface area contributed by atoms with Crippen molar-refractivity contribution in [3.05, 3.63) is 71.5 Å². The van der Waals surface area contributed by atoms with E-state index in [1.165, 1.54) is 0 Å². The predicted molar refractivity (Wildman–Crippen MR) is 138 cm³/mol. The minimum atomic E-state index is 0.0939. The third-order valence-corrected chi connectivity index (χ3v) is 6.62. The van der Waals surface area contributed by atoms with Crippen LogP contribution < -0.4 is 4.90 Å².